The van der Waals surface area contributed by atoms with Crippen LogP contribution >= 0.6 is 11.8 Å². The van der Waals surface area contributed by atoms with Gasteiger partial charge < -0.3 is 5.32 Å². The molecule has 0 aliphatic rings. The molecule has 0 amide bonds. The number of hydrogen-bond acceptors (Lipinski definition) is 3. The average Bonchev–Trinajstić information content (AvgIpc) is 2.20. The first-order chi connectivity index (χ1) is 7.12. The lowest BCUT2D eigenvalue weighted by Gasteiger charge is -2.23. The van der Waals surface area contributed by atoms with Gasteiger partial charge in [-0.25, -0.2) is 0 Å². The molecular formula is C12H22N2S. The largest absolute Gasteiger partial charge is 0.315 e. The van der Waals surface area contributed by atoms with Crippen molar-refractivity contribution in [2.75, 3.05) is 24.6 Å². The molecule has 0 atom stereocenters. The molecule has 0 radical (unpaired) electrons. The second-order valence-electron chi connectivity index (χ2n) is 4.36. The summed E-state index contributed by atoms with van der Waals surface area (Å²) in [4.78, 5) is 0. The van der Waals surface area contributed by atoms with E-state index in [0.29, 0.717) is 6.42 Å². The fraction of sp³-hybridized carbons (Fsp3) is 0.750. The fourth-order valence-corrected chi connectivity index (χ4v) is 1.84. The van der Waals surface area contributed by atoms with Crippen LogP contribution in [0, 0.1) is 16.7 Å². The normalized spacial score (nSPS) is 11.0. The van der Waals surface area contributed by atoms with E-state index in [9.17, 15) is 0 Å². The molecule has 0 aliphatic carbocycles. The molecule has 1 N–H and O–H groups in total. The minimum absolute atomic E-state index is 0.235. The van der Waals surface area contributed by atoms with Crippen molar-refractivity contribution in [2.45, 2.75) is 26.7 Å². The lowest BCUT2D eigenvalue weighted by Crippen LogP contribution is -2.30. The van der Waals surface area contributed by atoms with Crippen LogP contribution in [0.15, 0.2) is 12.7 Å². The van der Waals surface area contributed by atoms with Crippen molar-refractivity contribution < 1.29 is 0 Å². The maximum atomic E-state index is 8.52. The monoisotopic (exact) mass is 226 g/mol. The highest BCUT2D eigenvalue weighted by Crippen LogP contribution is 2.20. The summed E-state index contributed by atoms with van der Waals surface area (Å²) >= 11 is 1.89. The highest BCUT2D eigenvalue weighted by Gasteiger charge is 2.16. The predicted molar refractivity (Wildman–Crippen MR) is 69.0 cm³/mol. The van der Waals surface area contributed by atoms with E-state index in [4.69, 9.17) is 5.26 Å². The Balaban J connectivity index is 3.40. The topological polar surface area (TPSA) is 35.8 Å². The molecular weight excluding hydrogens is 204 g/mol. The number of nitrogens with zero attached hydrogens (tertiary/aromatic N) is 1. The highest BCUT2D eigenvalue weighted by atomic mass is 32.2. The summed E-state index contributed by atoms with van der Waals surface area (Å²) in [6, 6.07) is 2.20. The van der Waals surface area contributed by atoms with Crippen molar-refractivity contribution in [1.82, 2.24) is 5.32 Å². The van der Waals surface area contributed by atoms with Crippen LogP contribution in [-0.4, -0.2) is 24.6 Å². The summed E-state index contributed by atoms with van der Waals surface area (Å²) in [5.74, 6) is 2.15. The first kappa shape index (κ1) is 14.5. The van der Waals surface area contributed by atoms with Gasteiger partial charge in [0, 0.05) is 31.0 Å². The summed E-state index contributed by atoms with van der Waals surface area (Å²) in [5.41, 5.74) is 0.235. The van der Waals surface area contributed by atoms with Crippen LogP contribution in [0.1, 0.15) is 26.7 Å². The predicted octanol–water partition coefficient (Wildman–Crippen LogP) is 2.83. The number of nitrogens with one attached hydrogen (secondary N) is 1. The summed E-state index contributed by atoms with van der Waals surface area (Å²) in [6.45, 7) is 10.1. The minimum atomic E-state index is 0.235. The molecule has 0 heterocycles. The molecule has 0 aromatic carbocycles. The van der Waals surface area contributed by atoms with E-state index < -0.39 is 0 Å². The standard InChI is InChI=1S/C12H22N2S/c1-4-9-15-10-8-14-11-12(2,3)6-5-7-13/h4,14H,1,5-6,8-11H2,2-3H3. The van der Waals surface area contributed by atoms with E-state index >= 15 is 0 Å². The van der Waals surface area contributed by atoms with E-state index in [1.807, 2.05) is 17.8 Å². The Morgan fingerprint density at radius 1 is 1.53 bits per heavy atom. The van der Waals surface area contributed by atoms with Gasteiger partial charge in [-0.15, -0.1) is 6.58 Å². The van der Waals surface area contributed by atoms with Gasteiger partial charge in [0.05, 0.1) is 6.07 Å². The molecule has 0 unspecified atom stereocenters. The van der Waals surface area contributed by atoms with Gasteiger partial charge in [0.1, 0.15) is 0 Å². The lowest BCUT2D eigenvalue weighted by molar-refractivity contribution is 0.322. The Hall–Kier alpha value is -0.460. The fourth-order valence-electron chi connectivity index (χ4n) is 1.22. The Bertz CT molecular complexity index is 206. The number of hydrogen-bond donors (Lipinski definition) is 1. The molecule has 15 heavy (non-hydrogen) atoms. The van der Waals surface area contributed by atoms with E-state index in [-0.39, 0.29) is 5.41 Å². The van der Waals surface area contributed by atoms with Gasteiger partial charge in [0.2, 0.25) is 0 Å². The van der Waals surface area contributed by atoms with E-state index in [1.165, 1.54) is 0 Å². The molecule has 0 saturated heterocycles. The second kappa shape index (κ2) is 8.82. The second-order valence-corrected chi connectivity index (χ2v) is 5.51. The first-order valence-electron chi connectivity index (χ1n) is 5.39. The van der Waals surface area contributed by atoms with Crippen molar-refractivity contribution in [3.05, 3.63) is 12.7 Å². The Morgan fingerprint density at radius 3 is 2.87 bits per heavy atom. The van der Waals surface area contributed by atoms with Gasteiger partial charge in [-0.05, 0) is 11.8 Å². The summed E-state index contributed by atoms with van der Waals surface area (Å²) in [5, 5.41) is 11.9. The smallest absolute Gasteiger partial charge is 0.0621 e. The average molecular weight is 226 g/mol. The molecule has 0 rings (SSSR count). The molecule has 0 aromatic heterocycles. The van der Waals surface area contributed by atoms with Gasteiger partial charge in [0.25, 0.3) is 0 Å². The maximum Gasteiger partial charge on any atom is 0.0621 e. The third-order valence-electron chi connectivity index (χ3n) is 2.18. The number of nitriles is 1. The van der Waals surface area contributed by atoms with Gasteiger partial charge in [-0.3, -0.25) is 0 Å². The highest BCUT2D eigenvalue weighted by molar-refractivity contribution is 7.99. The molecule has 0 aliphatic heterocycles. The zero-order chi connectivity index (χ0) is 11.6. The molecule has 0 spiro atoms. The number of rotatable bonds is 9. The van der Waals surface area contributed by atoms with E-state index in [1.54, 1.807) is 0 Å². The third-order valence-corrected chi connectivity index (χ3v) is 3.14. The molecule has 0 aromatic rings. The maximum absolute atomic E-state index is 8.52. The van der Waals surface area contributed by atoms with Crippen LogP contribution < -0.4 is 5.32 Å². The minimum Gasteiger partial charge on any atom is -0.315 e. The number of thioether (sulfide) groups is 1. The summed E-state index contributed by atoms with van der Waals surface area (Å²) < 4.78 is 0. The zero-order valence-electron chi connectivity index (χ0n) is 9.88. The summed E-state index contributed by atoms with van der Waals surface area (Å²) in [6.07, 6.45) is 3.55. The Kier molecular flexibility index (Phi) is 8.55. The van der Waals surface area contributed by atoms with E-state index in [0.717, 1.165) is 31.0 Å². The van der Waals surface area contributed by atoms with Crippen LogP contribution in [0.2, 0.25) is 0 Å². The first-order valence-corrected chi connectivity index (χ1v) is 6.54. The molecule has 0 fully saturated rings. The van der Waals surface area contributed by atoms with Crippen molar-refractivity contribution in [3.63, 3.8) is 0 Å². The SMILES string of the molecule is C=CCSCCNCC(C)(C)CCC#N. The van der Waals surface area contributed by atoms with Crippen molar-refractivity contribution in [3.8, 4) is 6.07 Å². The van der Waals surface area contributed by atoms with Gasteiger partial charge in [0.15, 0.2) is 0 Å². The molecule has 2 nitrogen and oxygen atoms in total. The van der Waals surface area contributed by atoms with Crippen LogP contribution in [0.25, 0.3) is 0 Å². The van der Waals surface area contributed by atoms with Crippen LogP contribution in [0.3, 0.4) is 0 Å². The molecule has 3 heteroatoms. The van der Waals surface area contributed by atoms with Crippen LogP contribution in [0.5, 0.6) is 0 Å². The van der Waals surface area contributed by atoms with Crippen LogP contribution in [-0.2, 0) is 0 Å². The molecule has 0 saturated carbocycles. The zero-order valence-corrected chi connectivity index (χ0v) is 10.7. The van der Waals surface area contributed by atoms with Crippen molar-refractivity contribution in [1.29, 1.82) is 5.26 Å². The lowest BCUT2D eigenvalue weighted by atomic mass is 9.88. The van der Waals surface area contributed by atoms with Gasteiger partial charge >= 0.3 is 0 Å². The van der Waals surface area contributed by atoms with Gasteiger partial charge in [-0.1, -0.05) is 19.9 Å². The summed E-state index contributed by atoms with van der Waals surface area (Å²) in [7, 11) is 0. The third kappa shape index (κ3) is 9.84. The van der Waals surface area contributed by atoms with Crippen molar-refractivity contribution >= 4 is 11.8 Å². The van der Waals surface area contributed by atoms with Crippen LogP contribution in [0.4, 0.5) is 0 Å². The molecule has 86 valence electrons. The van der Waals surface area contributed by atoms with Crippen molar-refractivity contribution in [2.24, 2.45) is 5.41 Å². The van der Waals surface area contributed by atoms with E-state index in [2.05, 4.69) is 31.8 Å². The quantitative estimate of drug-likeness (QED) is 0.485. The van der Waals surface area contributed by atoms with Gasteiger partial charge in [-0.2, -0.15) is 17.0 Å². The Morgan fingerprint density at radius 2 is 2.27 bits per heavy atom. The Labute approximate surface area is 98.1 Å². The molecule has 0 bridgehead atoms.